The molecule has 7 nitrogen and oxygen atoms in total. The Hall–Kier alpha value is -3.52. The normalized spacial score (nSPS) is 19.7. The Labute approximate surface area is 208 Å². The second-order valence-corrected chi connectivity index (χ2v) is 8.93. The maximum absolute atomic E-state index is 13.9. The molecule has 0 spiro atoms. The third-order valence-electron chi connectivity index (χ3n) is 6.17. The molecule has 0 N–H and O–H groups in total. The zero-order chi connectivity index (χ0) is 24.4. The van der Waals surface area contributed by atoms with Gasteiger partial charge in [0.25, 0.3) is 0 Å². The van der Waals surface area contributed by atoms with Gasteiger partial charge in [0.15, 0.2) is 5.82 Å². The van der Waals surface area contributed by atoms with Crippen molar-refractivity contribution >= 4 is 35.0 Å². The zero-order valence-corrected chi connectivity index (χ0v) is 20.0. The number of hydrazone groups is 1. The summed E-state index contributed by atoms with van der Waals surface area (Å²) in [6.45, 7) is 3.18. The van der Waals surface area contributed by atoms with Crippen molar-refractivity contribution in [2.24, 2.45) is 5.10 Å². The molecular weight excluding hydrogens is 469 g/mol. The standard InChI is InChI=1S/C26H25ClFN5O2/c1-2-35-25(34)21-14-29-26(32-13-12-20(28)15-32)30-24(21)33-16-22(17-6-4-3-5-7-17)23(31-33)18-8-10-19(27)11-9-18/h3-11,14,20,22H,2,12-13,15-16H2,1H3/t20-,22?/m0/s1. The van der Waals surface area contributed by atoms with E-state index in [0.29, 0.717) is 36.3 Å². The van der Waals surface area contributed by atoms with Gasteiger partial charge < -0.3 is 9.64 Å². The molecular formula is C26H25ClFN5O2. The lowest BCUT2D eigenvalue weighted by Crippen LogP contribution is -2.26. The molecule has 5 rings (SSSR count). The van der Waals surface area contributed by atoms with E-state index in [2.05, 4.69) is 22.1 Å². The third kappa shape index (κ3) is 4.84. The first-order valence-electron chi connectivity index (χ1n) is 11.6. The maximum atomic E-state index is 13.9. The molecule has 2 aromatic carbocycles. The van der Waals surface area contributed by atoms with Crippen LogP contribution >= 0.6 is 11.6 Å². The molecule has 1 fully saturated rings. The summed E-state index contributed by atoms with van der Waals surface area (Å²) in [6, 6.07) is 17.6. The highest BCUT2D eigenvalue weighted by Gasteiger charge is 2.34. The van der Waals surface area contributed by atoms with Crippen LogP contribution in [-0.2, 0) is 4.74 Å². The zero-order valence-electron chi connectivity index (χ0n) is 19.3. The van der Waals surface area contributed by atoms with E-state index < -0.39 is 12.1 Å². The number of carbonyl (C=O) groups excluding carboxylic acids is 1. The van der Waals surface area contributed by atoms with Gasteiger partial charge in [-0.05, 0) is 36.6 Å². The molecule has 0 aliphatic carbocycles. The predicted octanol–water partition coefficient (Wildman–Crippen LogP) is 4.86. The van der Waals surface area contributed by atoms with Crippen molar-refractivity contribution in [1.82, 2.24) is 9.97 Å². The van der Waals surface area contributed by atoms with Crippen LogP contribution in [0.15, 0.2) is 65.9 Å². The molecule has 180 valence electrons. The summed E-state index contributed by atoms with van der Waals surface area (Å²) in [4.78, 5) is 23.6. The van der Waals surface area contributed by atoms with E-state index >= 15 is 0 Å². The number of nitrogens with zero attached hydrogens (tertiary/aromatic N) is 5. The molecule has 0 bridgehead atoms. The van der Waals surface area contributed by atoms with Crippen molar-refractivity contribution in [3.63, 3.8) is 0 Å². The number of rotatable bonds is 6. The van der Waals surface area contributed by atoms with E-state index in [1.807, 2.05) is 42.5 Å². The van der Waals surface area contributed by atoms with Crippen LogP contribution in [0.25, 0.3) is 0 Å². The van der Waals surface area contributed by atoms with E-state index in [0.717, 1.165) is 16.8 Å². The SMILES string of the molecule is CCOC(=O)c1cnc(N2CC[C@H](F)C2)nc1N1CC(c2ccccc2)C(c2ccc(Cl)cc2)=N1. The summed E-state index contributed by atoms with van der Waals surface area (Å²) in [5, 5.41) is 7.28. The highest BCUT2D eigenvalue weighted by Crippen LogP contribution is 2.34. The van der Waals surface area contributed by atoms with Crippen LogP contribution in [0.4, 0.5) is 16.2 Å². The van der Waals surface area contributed by atoms with Crippen LogP contribution in [0, 0.1) is 0 Å². The van der Waals surface area contributed by atoms with E-state index in [9.17, 15) is 9.18 Å². The number of ether oxygens (including phenoxy) is 1. The number of alkyl halides is 1. The topological polar surface area (TPSA) is 70.9 Å². The lowest BCUT2D eigenvalue weighted by atomic mass is 9.91. The van der Waals surface area contributed by atoms with Gasteiger partial charge in [0.2, 0.25) is 5.95 Å². The van der Waals surface area contributed by atoms with Gasteiger partial charge in [0.1, 0.15) is 11.7 Å². The highest BCUT2D eigenvalue weighted by molar-refractivity contribution is 6.30. The van der Waals surface area contributed by atoms with Crippen molar-refractivity contribution in [2.75, 3.05) is 36.1 Å². The Morgan fingerprint density at radius 3 is 2.60 bits per heavy atom. The molecule has 0 amide bonds. The summed E-state index contributed by atoms with van der Waals surface area (Å²) >= 11 is 6.12. The van der Waals surface area contributed by atoms with Crippen molar-refractivity contribution < 1.29 is 13.9 Å². The molecule has 9 heteroatoms. The molecule has 2 atom stereocenters. The third-order valence-corrected chi connectivity index (χ3v) is 6.42. The van der Waals surface area contributed by atoms with Crippen LogP contribution in [0.1, 0.15) is 40.7 Å². The lowest BCUT2D eigenvalue weighted by molar-refractivity contribution is 0.0526. The Kier molecular flexibility index (Phi) is 6.63. The van der Waals surface area contributed by atoms with Crippen molar-refractivity contribution in [3.05, 3.63) is 82.5 Å². The highest BCUT2D eigenvalue weighted by atomic mass is 35.5. The van der Waals surface area contributed by atoms with Crippen molar-refractivity contribution in [2.45, 2.75) is 25.4 Å². The summed E-state index contributed by atoms with van der Waals surface area (Å²) in [7, 11) is 0. The molecule has 1 aromatic heterocycles. The molecule has 1 saturated heterocycles. The van der Waals surface area contributed by atoms with Gasteiger partial charge >= 0.3 is 5.97 Å². The largest absolute Gasteiger partial charge is 0.462 e. The minimum atomic E-state index is -0.921. The predicted molar refractivity (Wildman–Crippen MR) is 134 cm³/mol. The summed E-state index contributed by atoms with van der Waals surface area (Å²) < 4.78 is 19.1. The van der Waals surface area contributed by atoms with Crippen LogP contribution in [0.3, 0.4) is 0 Å². The number of hydrogen-bond donors (Lipinski definition) is 0. The number of benzene rings is 2. The average Bonchev–Trinajstić information content (AvgIpc) is 3.52. The Morgan fingerprint density at radius 2 is 1.91 bits per heavy atom. The second-order valence-electron chi connectivity index (χ2n) is 8.50. The van der Waals surface area contributed by atoms with E-state index in [1.165, 1.54) is 6.20 Å². The molecule has 2 aliphatic rings. The molecule has 2 aliphatic heterocycles. The van der Waals surface area contributed by atoms with Gasteiger partial charge in [-0.1, -0.05) is 54.1 Å². The van der Waals surface area contributed by atoms with Crippen molar-refractivity contribution in [3.8, 4) is 0 Å². The number of carbonyl (C=O) groups is 1. The molecule has 1 unspecified atom stereocenters. The molecule has 0 saturated carbocycles. The molecule has 3 heterocycles. The Balaban J connectivity index is 1.58. The first-order valence-corrected chi connectivity index (χ1v) is 12.0. The Bertz CT molecular complexity index is 1240. The average molecular weight is 494 g/mol. The second kappa shape index (κ2) is 10.00. The van der Waals surface area contributed by atoms with E-state index in [4.69, 9.17) is 21.4 Å². The number of esters is 1. The van der Waals surface area contributed by atoms with Gasteiger partial charge in [0, 0.05) is 23.7 Å². The number of anilines is 2. The maximum Gasteiger partial charge on any atom is 0.343 e. The quantitative estimate of drug-likeness (QED) is 0.456. The number of hydrogen-bond acceptors (Lipinski definition) is 7. The van der Waals surface area contributed by atoms with Crippen molar-refractivity contribution in [1.29, 1.82) is 0 Å². The fraction of sp³-hybridized carbons (Fsp3) is 0.308. The monoisotopic (exact) mass is 493 g/mol. The van der Waals surface area contributed by atoms with Gasteiger partial charge in [0.05, 0.1) is 25.4 Å². The van der Waals surface area contributed by atoms with E-state index in [-0.39, 0.29) is 24.6 Å². The molecule has 0 radical (unpaired) electrons. The first-order chi connectivity index (χ1) is 17.0. The minimum absolute atomic E-state index is 0.0622. The van der Waals surface area contributed by atoms with Gasteiger partial charge in [-0.15, -0.1) is 0 Å². The number of aromatic nitrogens is 2. The van der Waals surface area contributed by atoms with E-state index in [1.54, 1.807) is 16.8 Å². The van der Waals surface area contributed by atoms with Crippen LogP contribution in [-0.4, -0.2) is 54.1 Å². The summed E-state index contributed by atoms with van der Waals surface area (Å²) in [6.07, 6.45) is 0.960. The smallest absolute Gasteiger partial charge is 0.343 e. The van der Waals surface area contributed by atoms with Gasteiger partial charge in [-0.25, -0.2) is 19.2 Å². The fourth-order valence-corrected chi connectivity index (χ4v) is 4.55. The van der Waals surface area contributed by atoms with Gasteiger partial charge in [-0.2, -0.15) is 10.1 Å². The summed E-state index contributed by atoms with van der Waals surface area (Å²) in [5.74, 6) is 0.137. The van der Waals surface area contributed by atoms with Crippen LogP contribution in [0.5, 0.6) is 0 Å². The number of halogens is 2. The fourth-order valence-electron chi connectivity index (χ4n) is 4.43. The molecule has 35 heavy (non-hydrogen) atoms. The minimum Gasteiger partial charge on any atom is -0.462 e. The van der Waals surface area contributed by atoms with Crippen LogP contribution < -0.4 is 9.91 Å². The van der Waals surface area contributed by atoms with Gasteiger partial charge in [-0.3, -0.25) is 0 Å². The van der Waals surface area contributed by atoms with Crippen LogP contribution in [0.2, 0.25) is 5.02 Å². The molecule has 3 aromatic rings. The summed E-state index contributed by atoms with van der Waals surface area (Å²) in [5.41, 5.74) is 3.08. The lowest BCUT2D eigenvalue weighted by Gasteiger charge is -2.21. The first kappa shape index (κ1) is 23.2. The Morgan fingerprint density at radius 1 is 1.14 bits per heavy atom.